The molecule has 8 nitrogen and oxygen atoms in total. The molecule has 2 heterocycles. The Morgan fingerprint density at radius 1 is 1.11 bits per heavy atom. The van der Waals surface area contributed by atoms with Crippen LogP contribution in [0.4, 0.5) is 0 Å². The Kier molecular flexibility index (Phi) is 5.63. The summed E-state index contributed by atoms with van der Waals surface area (Å²) in [5.41, 5.74) is 1.37. The van der Waals surface area contributed by atoms with Crippen molar-refractivity contribution in [2.45, 2.75) is 11.8 Å². The Bertz CT molecular complexity index is 998. The van der Waals surface area contributed by atoms with Gasteiger partial charge in [-0.05, 0) is 31.2 Å². The minimum atomic E-state index is -3.59. The lowest BCUT2D eigenvalue weighted by Crippen LogP contribution is -2.34. The molecule has 0 aliphatic rings. The number of aryl methyl sites for hydroxylation is 1. The van der Waals surface area contributed by atoms with Gasteiger partial charge in [-0.15, -0.1) is 0 Å². The highest BCUT2D eigenvalue weighted by molar-refractivity contribution is 7.89. The van der Waals surface area contributed by atoms with E-state index in [0.717, 1.165) is 5.56 Å². The smallest absolute Gasteiger partial charge is 0.252 e. The highest BCUT2D eigenvalue weighted by Gasteiger charge is 2.13. The van der Waals surface area contributed by atoms with Crippen LogP contribution in [0, 0.1) is 6.92 Å². The third kappa shape index (κ3) is 4.78. The number of aromatic nitrogens is 3. The number of hydrogen-bond acceptors (Lipinski definition) is 5. The second-order valence-electron chi connectivity index (χ2n) is 5.84. The predicted molar refractivity (Wildman–Crippen MR) is 100 cm³/mol. The van der Waals surface area contributed by atoms with Gasteiger partial charge < -0.3 is 5.32 Å². The number of imidazole rings is 1. The lowest BCUT2D eigenvalue weighted by molar-refractivity contribution is 0.0954. The summed E-state index contributed by atoms with van der Waals surface area (Å²) in [6.07, 6.45) is 6.46. The van der Waals surface area contributed by atoms with Crippen LogP contribution in [0.3, 0.4) is 0 Å². The van der Waals surface area contributed by atoms with E-state index in [0.29, 0.717) is 11.4 Å². The first-order valence-corrected chi connectivity index (χ1v) is 9.73. The second kappa shape index (κ2) is 8.11. The predicted octanol–water partition coefficient (Wildman–Crippen LogP) is 1.28. The number of amides is 1. The van der Waals surface area contributed by atoms with Gasteiger partial charge in [-0.25, -0.2) is 23.1 Å². The first-order valence-electron chi connectivity index (χ1n) is 8.25. The Labute approximate surface area is 157 Å². The lowest BCUT2D eigenvalue weighted by Gasteiger charge is -2.09. The number of carbonyl (C=O) groups excluding carboxylic acids is 1. The Balaban J connectivity index is 1.50. The number of pyridine rings is 1. The van der Waals surface area contributed by atoms with E-state index in [1.807, 2.05) is 6.92 Å². The number of hydrogen-bond donors (Lipinski definition) is 2. The van der Waals surface area contributed by atoms with Crippen molar-refractivity contribution >= 4 is 15.9 Å². The fraction of sp³-hybridized carbons (Fsp3) is 0.167. The molecule has 0 bridgehead atoms. The Morgan fingerprint density at radius 3 is 2.52 bits per heavy atom. The van der Waals surface area contributed by atoms with Gasteiger partial charge in [0.2, 0.25) is 10.0 Å². The van der Waals surface area contributed by atoms with Crippen LogP contribution < -0.4 is 10.0 Å². The van der Waals surface area contributed by atoms with Crippen LogP contribution in [-0.2, 0) is 10.0 Å². The number of benzene rings is 1. The van der Waals surface area contributed by atoms with E-state index < -0.39 is 10.0 Å². The van der Waals surface area contributed by atoms with Gasteiger partial charge in [0.1, 0.15) is 12.1 Å². The molecule has 0 atom stereocenters. The van der Waals surface area contributed by atoms with Crippen LogP contribution >= 0.6 is 0 Å². The van der Waals surface area contributed by atoms with E-state index in [-0.39, 0.29) is 23.9 Å². The van der Waals surface area contributed by atoms with E-state index in [4.69, 9.17) is 0 Å². The maximum atomic E-state index is 12.2. The van der Waals surface area contributed by atoms with Crippen LogP contribution in [0.1, 0.15) is 15.9 Å². The van der Waals surface area contributed by atoms with Gasteiger partial charge in [-0.3, -0.25) is 9.36 Å². The van der Waals surface area contributed by atoms with Crippen molar-refractivity contribution in [1.29, 1.82) is 0 Å². The first kappa shape index (κ1) is 18.7. The molecule has 2 aromatic heterocycles. The fourth-order valence-electron chi connectivity index (χ4n) is 2.33. The van der Waals surface area contributed by atoms with E-state index in [9.17, 15) is 13.2 Å². The van der Waals surface area contributed by atoms with Crippen LogP contribution in [0.5, 0.6) is 0 Å². The van der Waals surface area contributed by atoms with Gasteiger partial charge in [0.15, 0.2) is 0 Å². The molecule has 27 heavy (non-hydrogen) atoms. The van der Waals surface area contributed by atoms with Gasteiger partial charge in [0, 0.05) is 31.7 Å². The quantitative estimate of drug-likeness (QED) is 0.596. The number of nitrogens with one attached hydrogen (secondary N) is 2. The van der Waals surface area contributed by atoms with E-state index >= 15 is 0 Å². The van der Waals surface area contributed by atoms with Crippen molar-refractivity contribution in [3.63, 3.8) is 0 Å². The molecule has 0 saturated heterocycles. The molecule has 0 aliphatic heterocycles. The molecule has 0 radical (unpaired) electrons. The number of sulfonamides is 1. The number of rotatable bonds is 7. The summed E-state index contributed by atoms with van der Waals surface area (Å²) >= 11 is 0. The molecule has 2 N–H and O–H groups in total. The molecular weight excluding hydrogens is 366 g/mol. The molecule has 1 aromatic carbocycles. The molecule has 3 aromatic rings. The monoisotopic (exact) mass is 385 g/mol. The Hall–Kier alpha value is -3.04. The molecule has 0 fully saturated rings. The van der Waals surface area contributed by atoms with E-state index in [2.05, 4.69) is 20.0 Å². The lowest BCUT2D eigenvalue weighted by atomic mass is 10.2. The normalized spacial score (nSPS) is 11.3. The number of nitrogens with zero attached hydrogens (tertiary/aromatic N) is 3. The summed E-state index contributed by atoms with van der Waals surface area (Å²) in [6, 6.07) is 9.91. The molecule has 140 valence electrons. The zero-order valence-corrected chi connectivity index (χ0v) is 15.5. The molecule has 0 aliphatic carbocycles. The van der Waals surface area contributed by atoms with Crippen LogP contribution in [0.2, 0.25) is 0 Å². The summed E-state index contributed by atoms with van der Waals surface area (Å²) in [6.45, 7) is 2.13. The Morgan fingerprint density at radius 2 is 1.89 bits per heavy atom. The minimum Gasteiger partial charge on any atom is -0.351 e. The van der Waals surface area contributed by atoms with Crippen molar-refractivity contribution in [2.24, 2.45) is 0 Å². The third-order valence-corrected chi connectivity index (χ3v) is 5.29. The van der Waals surface area contributed by atoms with E-state index in [1.54, 1.807) is 59.7 Å². The molecule has 0 saturated carbocycles. The van der Waals surface area contributed by atoms with Crippen LogP contribution in [0.15, 0.2) is 66.2 Å². The molecule has 0 unspecified atom stereocenters. The molecular formula is C18H19N5O3S. The van der Waals surface area contributed by atoms with Crippen molar-refractivity contribution in [3.8, 4) is 5.82 Å². The summed E-state index contributed by atoms with van der Waals surface area (Å²) in [4.78, 5) is 20.5. The zero-order chi connectivity index (χ0) is 19.3. The van der Waals surface area contributed by atoms with Gasteiger partial charge in [-0.1, -0.05) is 17.7 Å². The third-order valence-electron chi connectivity index (χ3n) is 3.81. The maximum Gasteiger partial charge on any atom is 0.252 e. The standard InChI is InChI=1S/C18H19N5O3S/c1-14-2-5-16(6-3-14)27(25,26)22-9-8-20-18(24)15-4-7-17(21-12-15)23-11-10-19-13-23/h2-7,10-13,22H,8-9H2,1H3,(H,20,24). The molecule has 3 rings (SSSR count). The van der Waals surface area contributed by atoms with Gasteiger partial charge in [-0.2, -0.15) is 0 Å². The van der Waals surface area contributed by atoms with Gasteiger partial charge in [0.25, 0.3) is 5.91 Å². The van der Waals surface area contributed by atoms with Crippen LogP contribution in [0.25, 0.3) is 5.82 Å². The van der Waals surface area contributed by atoms with Crippen molar-refractivity contribution < 1.29 is 13.2 Å². The van der Waals surface area contributed by atoms with Crippen molar-refractivity contribution in [3.05, 3.63) is 72.4 Å². The average Bonchev–Trinajstić information content (AvgIpc) is 3.20. The highest BCUT2D eigenvalue weighted by atomic mass is 32.2. The summed E-state index contributed by atoms with van der Waals surface area (Å²) < 4.78 is 28.5. The van der Waals surface area contributed by atoms with Crippen LogP contribution in [-0.4, -0.2) is 41.9 Å². The second-order valence-corrected chi connectivity index (χ2v) is 7.61. The first-order chi connectivity index (χ1) is 13.0. The fourth-order valence-corrected chi connectivity index (χ4v) is 3.36. The zero-order valence-electron chi connectivity index (χ0n) is 14.7. The van der Waals surface area contributed by atoms with Gasteiger partial charge >= 0.3 is 0 Å². The van der Waals surface area contributed by atoms with Crippen molar-refractivity contribution in [2.75, 3.05) is 13.1 Å². The van der Waals surface area contributed by atoms with Gasteiger partial charge in [0.05, 0.1) is 10.5 Å². The number of carbonyl (C=O) groups is 1. The molecule has 9 heteroatoms. The average molecular weight is 385 g/mol. The molecule has 1 amide bonds. The minimum absolute atomic E-state index is 0.0858. The summed E-state index contributed by atoms with van der Waals surface area (Å²) in [7, 11) is -3.59. The SMILES string of the molecule is Cc1ccc(S(=O)(=O)NCCNC(=O)c2ccc(-n3ccnc3)nc2)cc1. The maximum absolute atomic E-state index is 12.2. The van der Waals surface area contributed by atoms with Crippen molar-refractivity contribution in [1.82, 2.24) is 24.6 Å². The summed E-state index contributed by atoms with van der Waals surface area (Å²) in [5, 5.41) is 2.66. The largest absolute Gasteiger partial charge is 0.351 e. The molecule has 0 spiro atoms. The summed E-state index contributed by atoms with van der Waals surface area (Å²) in [5.74, 6) is 0.323. The van der Waals surface area contributed by atoms with E-state index in [1.165, 1.54) is 6.20 Å². The topological polar surface area (TPSA) is 106 Å². The highest BCUT2D eigenvalue weighted by Crippen LogP contribution is 2.09.